The largest absolute Gasteiger partial charge is 0.334 e. The van der Waals surface area contributed by atoms with Gasteiger partial charge in [-0.25, -0.2) is 0 Å². The van der Waals surface area contributed by atoms with Crippen molar-refractivity contribution in [1.82, 2.24) is 0 Å². The molecule has 0 saturated heterocycles. The zero-order valence-electron chi connectivity index (χ0n) is 36.4. The lowest BCUT2D eigenvalue weighted by molar-refractivity contribution is 0.248. The van der Waals surface area contributed by atoms with E-state index in [-0.39, 0.29) is 33.8 Å². The lowest BCUT2D eigenvalue weighted by Crippen LogP contribution is -2.65. The van der Waals surface area contributed by atoms with Crippen LogP contribution in [0.4, 0.5) is 27.8 Å². The maximum absolute atomic E-state index is 2.93. The van der Waals surface area contributed by atoms with Gasteiger partial charge >= 0.3 is 0 Å². The van der Waals surface area contributed by atoms with Gasteiger partial charge in [0.2, 0.25) is 0 Å². The Kier molecular flexibility index (Phi) is 7.07. The maximum atomic E-state index is 2.93. The van der Waals surface area contributed by atoms with Crippen molar-refractivity contribution in [1.29, 1.82) is 0 Å². The van der Waals surface area contributed by atoms with E-state index in [1.807, 2.05) is 11.3 Å². The van der Waals surface area contributed by atoms with Crippen molar-refractivity contribution in [3.8, 4) is 0 Å². The van der Waals surface area contributed by atoms with Gasteiger partial charge in [0.25, 0.3) is 6.71 Å². The molecular formula is C53H59BN2S. The van der Waals surface area contributed by atoms with Gasteiger partial charge < -0.3 is 9.80 Å². The molecule has 0 N–H and O–H groups in total. The zero-order chi connectivity index (χ0) is 39.9. The quantitative estimate of drug-likeness (QED) is 0.154. The van der Waals surface area contributed by atoms with E-state index in [1.165, 1.54) is 96.6 Å². The number of aryl methyl sites for hydroxylation is 2. The molecule has 57 heavy (non-hydrogen) atoms. The average molecular weight is 767 g/mol. The first kappa shape index (κ1) is 36.1. The number of anilines is 5. The summed E-state index contributed by atoms with van der Waals surface area (Å²) < 4.78 is 1.38. The molecule has 4 heteroatoms. The summed E-state index contributed by atoms with van der Waals surface area (Å²) in [5, 5.41) is 2.79. The van der Waals surface area contributed by atoms with Crippen molar-refractivity contribution in [2.24, 2.45) is 10.8 Å². The van der Waals surface area contributed by atoms with Crippen LogP contribution in [0.5, 0.6) is 0 Å². The van der Waals surface area contributed by atoms with Crippen LogP contribution >= 0.6 is 11.3 Å². The van der Waals surface area contributed by atoms with Crippen LogP contribution in [0.1, 0.15) is 129 Å². The Labute approximate surface area is 346 Å². The fraction of sp³-hybridized carbons (Fsp3) is 0.434. The van der Waals surface area contributed by atoms with Crippen molar-refractivity contribution in [3.63, 3.8) is 0 Å². The van der Waals surface area contributed by atoms with Crippen LogP contribution in [0.15, 0.2) is 89.5 Å². The first-order valence-corrected chi connectivity index (χ1v) is 22.6. The Hall–Kier alpha value is -4.02. The Morgan fingerprint density at radius 2 is 1.46 bits per heavy atom. The van der Waals surface area contributed by atoms with Crippen molar-refractivity contribution in [2.75, 3.05) is 9.80 Å². The summed E-state index contributed by atoms with van der Waals surface area (Å²) in [6.07, 6.45) is 8.81. The van der Waals surface area contributed by atoms with Crippen molar-refractivity contribution in [3.05, 3.63) is 117 Å². The number of fused-ring (bicyclic) bond motifs is 9. The molecule has 2 atom stereocenters. The fourth-order valence-electron chi connectivity index (χ4n) is 12.6. The van der Waals surface area contributed by atoms with E-state index in [9.17, 15) is 0 Å². The minimum absolute atomic E-state index is 0.0100. The number of hydrogen-bond acceptors (Lipinski definition) is 3. The minimum atomic E-state index is -0.0100. The molecule has 290 valence electrons. The van der Waals surface area contributed by atoms with Crippen molar-refractivity contribution in [2.45, 2.75) is 137 Å². The maximum Gasteiger partial charge on any atom is 0.254 e. The predicted molar refractivity (Wildman–Crippen MR) is 248 cm³/mol. The van der Waals surface area contributed by atoms with Gasteiger partial charge in [0.05, 0.1) is 11.0 Å². The van der Waals surface area contributed by atoms with Gasteiger partial charge in [-0.3, -0.25) is 0 Å². The summed E-state index contributed by atoms with van der Waals surface area (Å²) in [5.74, 6) is 0. The molecule has 0 bridgehead atoms. The highest BCUT2D eigenvalue weighted by atomic mass is 32.1. The monoisotopic (exact) mass is 766 g/mol. The van der Waals surface area contributed by atoms with Gasteiger partial charge in [-0.2, -0.15) is 0 Å². The van der Waals surface area contributed by atoms with Crippen LogP contribution in [0.25, 0.3) is 10.1 Å². The summed E-state index contributed by atoms with van der Waals surface area (Å²) in [7, 11) is 0. The highest BCUT2D eigenvalue weighted by Gasteiger charge is 2.58. The van der Waals surface area contributed by atoms with E-state index in [1.54, 1.807) is 27.8 Å². The second kappa shape index (κ2) is 11.2. The number of hydrogen-bond donors (Lipinski definition) is 0. The van der Waals surface area contributed by atoms with E-state index in [0.29, 0.717) is 6.04 Å². The highest BCUT2D eigenvalue weighted by Crippen LogP contribution is 2.63. The molecule has 4 heterocycles. The summed E-state index contributed by atoms with van der Waals surface area (Å²) in [4.78, 5) is 5.61. The lowest BCUT2D eigenvalue weighted by atomic mass is 9.32. The Morgan fingerprint density at radius 1 is 0.737 bits per heavy atom. The molecule has 3 aliphatic carbocycles. The number of allylic oxidation sites excluding steroid dienone is 2. The van der Waals surface area contributed by atoms with Gasteiger partial charge in [0.1, 0.15) is 0 Å². The normalized spacial score (nSPS) is 24.4. The van der Waals surface area contributed by atoms with Crippen LogP contribution < -0.4 is 26.2 Å². The fourth-order valence-corrected chi connectivity index (χ4v) is 13.8. The lowest BCUT2D eigenvalue weighted by Gasteiger charge is -2.60. The van der Waals surface area contributed by atoms with E-state index in [0.717, 1.165) is 6.42 Å². The molecule has 1 aromatic heterocycles. The molecular weight excluding hydrogens is 707 g/mol. The van der Waals surface area contributed by atoms with Crippen LogP contribution in [0.2, 0.25) is 0 Å². The van der Waals surface area contributed by atoms with E-state index >= 15 is 0 Å². The standard InChI is InChI=1S/C53H59BN2S/c1-30-25-41-46-42(26-30)56(39-20-17-32(27-31(39)2)49(3,4)5)48-45(33-15-13-14-16-43(33)57-48)54(46)38-19-18-34-44-47(38)55(41)40-29-36-35(51(8,9)21-22-52(36,10)11)28-37(40)53(44,12)24-23-50(34,6)7/h13-20,25-28,40H,21-24,29H2,1-12H3. The summed E-state index contributed by atoms with van der Waals surface area (Å²) in [6, 6.07) is 27.1. The van der Waals surface area contributed by atoms with Crippen LogP contribution in [0.3, 0.4) is 0 Å². The first-order chi connectivity index (χ1) is 26.8. The van der Waals surface area contributed by atoms with Crippen LogP contribution in [0, 0.1) is 24.7 Å². The van der Waals surface area contributed by atoms with E-state index < -0.39 is 0 Å². The molecule has 0 saturated carbocycles. The first-order valence-electron chi connectivity index (χ1n) is 21.8. The van der Waals surface area contributed by atoms with Gasteiger partial charge in [-0.05, 0) is 153 Å². The Bertz CT molecular complexity index is 2690. The third-order valence-corrected chi connectivity index (χ3v) is 17.2. The van der Waals surface area contributed by atoms with Crippen LogP contribution in [-0.4, -0.2) is 12.8 Å². The van der Waals surface area contributed by atoms with Gasteiger partial charge in [0, 0.05) is 32.9 Å². The molecule has 0 radical (unpaired) electrons. The highest BCUT2D eigenvalue weighted by molar-refractivity contribution is 7.26. The molecule has 0 spiro atoms. The summed E-state index contributed by atoms with van der Waals surface area (Å²) in [6.45, 7) is 29.6. The molecule has 5 aromatic rings. The second-order valence-corrected chi connectivity index (χ2v) is 23.1. The second-order valence-electron chi connectivity index (χ2n) is 22.0. The smallest absolute Gasteiger partial charge is 0.254 e. The Morgan fingerprint density at radius 3 is 2.21 bits per heavy atom. The molecule has 4 aromatic carbocycles. The number of rotatable bonds is 1. The van der Waals surface area contributed by atoms with Gasteiger partial charge in [0.15, 0.2) is 0 Å². The van der Waals surface area contributed by atoms with E-state index in [4.69, 9.17) is 0 Å². The van der Waals surface area contributed by atoms with Crippen LogP contribution in [-0.2, 0) is 16.2 Å². The van der Waals surface area contributed by atoms with Gasteiger partial charge in [-0.15, -0.1) is 11.3 Å². The number of benzene rings is 4. The molecule has 11 rings (SSSR count). The molecule has 3 aliphatic heterocycles. The molecule has 2 nitrogen and oxygen atoms in total. The third kappa shape index (κ3) is 4.66. The zero-order valence-corrected chi connectivity index (χ0v) is 37.2. The molecule has 0 fully saturated rings. The minimum Gasteiger partial charge on any atom is -0.334 e. The Balaban J connectivity index is 1.26. The average Bonchev–Trinajstić information content (AvgIpc) is 3.53. The van der Waals surface area contributed by atoms with Crippen molar-refractivity contribution >= 4 is 72.3 Å². The number of nitrogens with zero attached hydrogens (tertiary/aromatic N) is 2. The predicted octanol–water partition coefficient (Wildman–Crippen LogP) is 12.8. The molecule has 6 aliphatic rings. The number of thiophene rings is 1. The molecule has 2 unspecified atom stereocenters. The topological polar surface area (TPSA) is 6.48 Å². The molecule has 0 amide bonds. The summed E-state index contributed by atoms with van der Waals surface area (Å²) in [5.41, 5.74) is 23.0. The SMILES string of the molecule is Cc1cc2c3c(c1)N1c4c(ccc5c4C(C)(CCC5(C)C)C4=CC5=C(CC41)C(C)(C)CCC5(C)C)B3c1c(sc3ccccc13)N2c1ccc(C(C)(C)C)cc1C. The van der Waals surface area contributed by atoms with E-state index in [2.05, 4.69) is 166 Å². The summed E-state index contributed by atoms with van der Waals surface area (Å²) >= 11 is 1.98. The van der Waals surface area contributed by atoms with Gasteiger partial charge in [-0.1, -0.05) is 123 Å². The third-order valence-electron chi connectivity index (χ3n) is 16.0. The van der Waals surface area contributed by atoms with Crippen molar-refractivity contribution < 1.29 is 0 Å².